The number of nitro groups is 1. The normalized spacial score (nSPS) is 10.5. The van der Waals surface area contributed by atoms with Crippen molar-refractivity contribution in [1.29, 1.82) is 5.26 Å². The Labute approximate surface area is 153 Å². The van der Waals surface area contributed by atoms with Crippen molar-refractivity contribution in [2.75, 3.05) is 0 Å². The third-order valence-electron chi connectivity index (χ3n) is 3.64. The highest BCUT2D eigenvalue weighted by molar-refractivity contribution is 5.94. The zero-order valence-electron chi connectivity index (χ0n) is 13.8. The molecule has 0 aliphatic heterocycles. The van der Waals surface area contributed by atoms with Crippen molar-refractivity contribution in [3.63, 3.8) is 0 Å². The Morgan fingerprint density at radius 2 is 1.89 bits per heavy atom. The minimum Gasteiger partial charge on any atom is -0.455 e. The first kappa shape index (κ1) is 17.6. The Morgan fingerprint density at radius 1 is 1.15 bits per heavy atom. The van der Waals surface area contributed by atoms with Crippen LogP contribution in [0.4, 0.5) is 5.69 Å². The average Bonchev–Trinajstić information content (AvgIpc) is 3.16. The van der Waals surface area contributed by atoms with Crippen molar-refractivity contribution in [2.45, 2.75) is 0 Å². The molecule has 0 spiro atoms. The van der Waals surface area contributed by atoms with Crippen molar-refractivity contribution in [3.8, 4) is 17.4 Å². The van der Waals surface area contributed by atoms with Gasteiger partial charge in [0.05, 0.1) is 22.8 Å². The second-order valence-corrected chi connectivity index (χ2v) is 5.36. The molecule has 0 fully saturated rings. The van der Waals surface area contributed by atoms with Gasteiger partial charge < -0.3 is 4.42 Å². The quantitative estimate of drug-likeness (QED) is 0.424. The van der Waals surface area contributed by atoms with Gasteiger partial charge in [-0.1, -0.05) is 12.1 Å². The molecule has 3 aromatic rings. The Balaban J connectivity index is 1.67. The lowest BCUT2D eigenvalue weighted by molar-refractivity contribution is -0.384. The van der Waals surface area contributed by atoms with Gasteiger partial charge in [0.25, 0.3) is 11.6 Å². The highest BCUT2D eigenvalue weighted by atomic mass is 16.6. The summed E-state index contributed by atoms with van der Waals surface area (Å²) in [4.78, 5) is 22.0. The second kappa shape index (κ2) is 7.76. The maximum Gasteiger partial charge on any atom is 0.271 e. The van der Waals surface area contributed by atoms with Gasteiger partial charge in [-0.05, 0) is 36.4 Å². The number of nitro benzene ring substituents is 1. The van der Waals surface area contributed by atoms with Gasteiger partial charge in [-0.3, -0.25) is 14.9 Å². The van der Waals surface area contributed by atoms with Gasteiger partial charge in [-0.2, -0.15) is 10.4 Å². The van der Waals surface area contributed by atoms with Crippen molar-refractivity contribution in [1.82, 2.24) is 5.43 Å². The molecule has 0 radical (unpaired) electrons. The number of nitrogens with zero attached hydrogens (tertiary/aromatic N) is 3. The highest BCUT2D eigenvalue weighted by Crippen LogP contribution is 2.24. The van der Waals surface area contributed by atoms with Gasteiger partial charge in [-0.25, -0.2) is 5.43 Å². The smallest absolute Gasteiger partial charge is 0.271 e. The molecule has 3 rings (SSSR count). The van der Waals surface area contributed by atoms with Crippen LogP contribution in [0.25, 0.3) is 11.3 Å². The topological polar surface area (TPSA) is 122 Å². The number of carbonyl (C=O) groups excluding carboxylic acids is 1. The fourth-order valence-corrected chi connectivity index (χ4v) is 2.32. The lowest BCUT2D eigenvalue weighted by Crippen LogP contribution is -2.17. The molecular weight excluding hydrogens is 348 g/mol. The van der Waals surface area contributed by atoms with E-state index in [4.69, 9.17) is 9.68 Å². The number of rotatable bonds is 5. The molecule has 132 valence electrons. The standard InChI is InChI=1S/C19H12N4O4/c20-11-14-3-1-2-4-17(14)18-10-9-16(27-18)12-21-22-19(24)13-5-7-15(8-6-13)23(25)26/h1-10,12H,(H,22,24). The molecule has 0 bridgehead atoms. The van der Waals surface area contributed by atoms with Crippen LogP contribution in [-0.2, 0) is 0 Å². The lowest BCUT2D eigenvalue weighted by Gasteiger charge is -1.99. The third kappa shape index (κ3) is 4.05. The number of amides is 1. The molecule has 0 saturated heterocycles. The Hall–Kier alpha value is -4.25. The van der Waals surface area contributed by atoms with Crippen molar-refractivity contribution in [3.05, 3.63) is 87.7 Å². The van der Waals surface area contributed by atoms with E-state index in [0.717, 1.165) is 0 Å². The molecule has 2 aromatic carbocycles. The molecule has 0 atom stereocenters. The van der Waals surface area contributed by atoms with Crippen LogP contribution in [0.2, 0.25) is 0 Å². The molecule has 27 heavy (non-hydrogen) atoms. The van der Waals surface area contributed by atoms with E-state index in [0.29, 0.717) is 22.6 Å². The molecule has 8 heteroatoms. The summed E-state index contributed by atoms with van der Waals surface area (Å²) in [6, 6.07) is 17.7. The first-order valence-electron chi connectivity index (χ1n) is 7.75. The molecule has 8 nitrogen and oxygen atoms in total. The second-order valence-electron chi connectivity index (χ2n) is 5.36. The summed E-state index contributed by atoms with van der Waals surface area (Å²) >= 11 is 0. The molecular formula is C19H12N4O4. The van der Waals surface area contributed by atoms with Crippen LogP contribution in [0.5, 0.6) is 0 Å². The molecule has 1 aromatic heterocycles. The number of hydrogen-bond donors (Lipinski definition) is 1. The molecule has 1 amide bonds. The van der Waals surface area contributed by atoms with Crippen LogP contribution in [0.1, 0.15) is 21.7 Å². The Bertz CT molecular complexity index is 1060. The van der Waals surface area contributed by atoms with Gasteiger partial charge in [0.15, 0.2) is 0 Å². The van der Waals surface area contributed by atoms with E-state index in [2.05, 4.69) is 16.6 Å². The van der Waals surface area contributed by atoms with Crippen molar-refractivity contribution in [2.24, 2.45) is 5.10 Å². The largest absolute Gasteiger partial charge is 0.455 e. The van der Waals surface area contributed by atoms with E-state index in [1.165, 1.54) is 30.5 Å². The minimum atomic E-state index is -0.543. The van der Waals surface area contributed by atoms with E-state index in [1.54, 1.807) is 36.4 Å². The monoisotopic (exact) mass is 360 g/mol. The summed E-state index contributed by atoms with van der Waals surface area (Å²) < 4.78 is 5.62. The van der Waals surface area contributed by atoms with E-state index in [9.17, 15) is 14.9 Å². The van der Waals surface area contributed by atoms with E-state index in [-0.39, 0.29) is 11.3 Å². The molecule has 0 unspecified atom stereocenters. The van der Waals surface area contributed by atoms with Crippen molar-refractivity contribution < 1.29 is 14.1 Å². The number of hydrogen-bond acceptors (Lipinski definition) is 6. The summed E-state index contributed by atoms with van der Waals surface area (Å²) in [7, 11) is 0. The van der Waals surface area contributed by atoms with Crippen LogP contribution in [-0.4, -0.2) is 17.0 Å². The van der Waals surface area contributed by atoms with Crippen LogP contribution in [0.3, 0.4) is 0 Å². The summed E-state index contributed by atoms with van der Waals surface area (Å²) in [5.41, 5.74) is 3.60. The van der Waals surface area contributed by atoms with E-state index < -0.39 is 10.8 Å². The zero-order chi connectivity index (χ0) is 19.2. The molecule has 0 aliphatic carbocycles. The maximum atomic E-state index is 12.0. The van der Waals surface area contributed by atoms with Crippen LogP contribution in [0, 0.1) is 21.4 Å². The maximum absolute atomic E-state index is 12.0. The predicted molar refractivity (Wildman–Crippen MR) is 97.0 cm³/mol. The average molecular weight is 360 g/mol. The fraction of sp³-hybridized carbons (Fsp3) is 0. The van der Waals surface area contributed by atoms with Crippen LogP contribution < -0.4 is 5.43 Å². The van der Waals surface area contributed by atoms with Gasteiger partial charge in [0.2, 0.25) is 0 Å². The number of non-ortho nitro benzene ring substituents is 1. The van der Waals surface area contributed by atoms with E-state index in [1.807, 2.05) is 0 Å². The SMILES string of the molecule is N#Cc1ccccc1-c1ccc(C=NNC(=O)c2ccc([N+](=O)[O-])cc2)o1. The summed E-state index contributed by atoms with van der Waals surface area (Å²) in [5, 5.41) is 23.6. The van der Waals surface area contributed by atoms with Gasteiger partial charge in [-0.15, -0.1) is 0 Å². The number of carbonyl (C=O) groups is 1. The molecule has 1 heterocycles. The highest BCUT2D eigenvalue weighted by Gasteiger charge is 2.10. The molecule has 0 saturated carbocycles. The van der Waals surface area contributed by atoms with Gasteiger partial charge >= 0.3 is 0 Å². The number of benzene rings is 2. The fourth-order valence-electron chi connectivity index (χ4n) is 2.32. The first-order chi connectivity index (χ1) is 13.1. The van der Waals surface area contributed by atoms with Crippen molar-refractivity contribution >= 4 is 17.8 Å². The predicted octanol–water partition coefficient (Wildman–Crippen LogP) is 3.49. The number of furan rings is 1. The van der Waals surface area contributed by atoms with Crippen LogP contribution in [0.15, 0.2) is 70.2 Å². The lowest BCUT2D eigenvalue weighted by atomic mass is 10.1. The summed E-state index contributed by atoms with van der Waals surface area (Å²) in [5.74, 6) is 0.389. The number of nitriles is 1. The number of nitrogens with one attached hydrogen (secondary N) is 1. The summed E-state index contributed by atoms with van der Waals surface area (Å²) in [6.45, 7) is 0. The first-order valence-corrected chi connectivity index (χ1v) is 7.75. The molecule has 0 aliphatic rings. The minimum absolute atomic E-state index is 0.101. The Kier molecular flexibility index (Phi) is 5.05. The molecule has 1 N–H and O–H groups in total. The third-order valence-corrected chi connectivity index (χ3v) is 3.64. The van der Waals surface area contributed by atoms with Gasteiger partial charge in [0.1, 0.15) is 11.5 Å². The Morgan fingerprint density at radius 3 is 2.59 bits per heavy atom. The number of hydrazone groups is 1. The summed E-state index contributed by atoms with van der Waals surface area (Å²) in [6.07, 6.45) is 1.32. The van der Waals surface area contributed by atoms with E-state index >= 15 is 0 Å². The van der Waals surface area contributed by atoms with Gasteiger partial charge in [0, 0.05) is 23.3 Å². The zero-order valence-corrected chi connectivity index (χ0v) is 13.8. The van der Waals surface area contributed by atoms with Crippen LogP contribution >= 0.6 is 0 Å².